The van der Waals surface area contributed by atoms with Crippen molar-refractivity contribution >= 4 is 12.1 Å². The quantitative estimate of drug-likeness (QED) is 0.386. The number of aliphatic hydroxyl groups excluding tert-OH is 1. The maximum absolute atomic E-state index is 10.9. The van der Waals surface area contributed by atoms with Gasteiger partial charge in [-0.2, -0.15) is 0 Å². The summed E-state index contributed by atoms with van der Waals surface area (Å²) in [6.07, 6.45) is 1.91. The highest BCUT2D eigenvalue weighted by atomic mass is 16.3. The van der Waals surface area contributed by atoms with Gasteiger partial charge in [0.05, 0.1) is 12.3 Å². The lowest BCUT2D eigenvalue weighted by Crippen LogP contribution is -2.11. The van der Waals surface area contributed by atoms with Crippen LogP contribution >= 0.6 is 0 Å². The molecule has 4 heteroatoms. The van der Waals surface area contributed by atoms with E-state index in [0.29, 0.717) is 12.2 Å². The molecule has 12 heavy (non-hydrogen) atoms. The lowest BCUT2D eigenvalue weighted by molar-refractivity contribution is -0.104. The summed E-state index contributed by atoms with van der Waals surface area (Å²) in [5, 5.41) is 8.60. The predicted octanol–water partition coefficient (Wildman–Crippen LogP) is -0.138. The average molecular weight is 167 g/mol. The van der Waals surface area contributed by atoms with Gasteiger partial charge in [-0.3, -0.25) is 9.59 Å². The Bertz CT molecular complexity index is 290. The van der Waals surface area contributed by atoms with E-state index in [0.717, 1.165) is 0 Å². The number of carbonyl (C=O) groups is 2. The topological polar surface area (TPSA) is 59.3 Å². The first kappa shape index (κ1) is 8.67. The third-order valence-electron chi connectivity index (χ3n) is 1.53. The minimum Gasteiger partial charge on any atom is -0.395 e. The molecular formula is C8H9NO3. The maximum Gasteiger partial charge on any atom is 0.241 e. The zero-order valence-corrected chi connectivity index (χ0v) is 6.43. The zero-order valence-electron chi connectivity index (χ0n) is 6.43. The summed E-state index contributed by atoms with van der Waals surface area (Å²) in [5.41, 5.74) is 0.319. The number of Topliss-reactive ketones (excluding diaryl/α,β-unsaturated/α-hetero) is 1. The van der Waals surface area contributed by atoms with Crippen LogP contribution < -0.4 is 0 Å². The molecule has 1 heterocycles. The second-order valence-corrected chi connectivity index (χ2v) is 2.29. The van der Waals surface area contributed by atoms with Gasteiger partial charge in [-0.25, -0.2) is 0 Å². The summed E-state index contributed by atoms with van der Waals surface area (Å²) < 4.78 is 1.54. The van der Waals surface area contributed by atoms with Crippen molar-refractivity contribution in [2.45, 2.75) is 6.54 Å². The summed E-state index contributed by atoms with van der Waals surface area (Å²) >= 11 is 0. The van der Waals surface area contributed by atoms with Crippen molar-refractivity contribution in [3.8, 4) is 0 Å². The molecular weight excluding hydrogens is 158 g/mol. The van der Waals surface area contributed by atoms with Gasteiger partial charge in [-0.1, -0.05) is 0 Å². The highest BCUT2D eigenvalue weighted by Gasteiger charge is 2.07. The van der Waals surface area contributed by atoms with Gasteiger partial charge < -0.3 is 9.67 Å². The number of hydrogen-bond acceptors (Lipinski definition) is 3. The molecule has 1 aromatic rings. The molecule has 0 bridgehead atoms. The van der Waals surface area contributed by atoms with Crippen LogP contribution in [0.2, 0.25) is 0 Å². The average Bonchev–Trinajstić information content (AvgIpc) is 2.52. The Balaban J connectivity index is 2.90. The highest BCUT2D eigenvalue weighted by molar-refractivity contribution is 6.32. The first-order chi connectivity index (χ1) is 5.79. The molecule has 1 N–H and O–H groups in total. The minimum absolute atomic E-state index is 0.0478. The summed E-state index contributed by atoms with van der Waals surface area (Å²) in [4.78, 5) is 21.0. The van der Waals surface area contributed by atoms with Crippen LogP contribution in [0.15, 0.2) is 18.3 Å². The SMILES string of the molecule is O=CC(=O)c1cccn1CCO. The van der Waals surface area contributed by atoms with Crippen molar-refractivity contribution < 1.29 is 14.7 Å². The van der Waals surface area contributed by atoms with Crippen LogP contribution in [0, 0.1) is 0 Å². The first-order valence-corrected chi connectivity index (χ1v) is 3.55. The number of ketones is 1. The Kier molecular flexibility index (Phi) is 2.76. The highest BCUT2D eigenvalue weighted by Crippen LogP contribution is 2.01. The summed E-state index contributed by atoms with van der Waals surface area (Å²) in [6, 6.07) is 3.21. The molecule has 0 amide bonds. The largest absolute Gasteiger partial charge is 0.395 e. The van der Waals surface area contributed by atoms with E-state index in [2.05, 4.69) is 0 Å². The molecule has 0 saturated heterocycles. The summed E-state index contributed by atoms with van der Waals surface area (Å²) in [5.74, 6) is -0.562. The third kappa shape index (κ3) is 1.60. The lowest BCUT2D eigenvalue weighted by Gasteiger charge is -2.02. The van der Waals surface area contributed by atoms with Crippen LogP contribution in [-0.4, -0.2) is 28.3 Å². The number of nitrogens with zero attached hydrogens (tertiary/aromatic N) is 1. The van der Waals surface area contributed by atoms with Gasteiger partial charge >= 0.3 is 0 Å². The van der Waals surface area contributed by atoms with Crippen LogP contribution in [0.4, 0.5) is 0 Å². The molecule has 0 aliphatic rings. The second kappa shape index (κ2) is 3.82. The molecule has 0 spiro atoms. The van der Waals surface area contributed by atoms with Crippen LogP contribution in [0.1, 0.15) is 10.5 Å². The fraction of sp³-hybridized carbons (Fsp3) is 0.250. The van der Waals surface area contributed by atoms with Crippen molar-refractivity contribution in [1.29, 1.82) is 0 Å². The van der Waals surface area contributed by atoms with Crippen LogP contribution in [0.25, 0.3) is 0 Å². The number of rotatable bonds is 4. The van der Waals surface area contributed by atoms with Crippen molar-refractivity contribution in [3.63, 3.8) is 0 Å². The molecule has 0 aliphatic carbocycles. The van der Waals surface area contributed by atoms with Gasteiger partial charge in [0.1, 0.15) is 0 Å². The Labute approximate surface area is 69.4 Å². The summed E-state index contributed by atoms with van der Waals surface area (Å²) in [6.45, 7) is 0.287. The molecule has 0 aromatic carbocycles. The van der Waals surface area contributed by atoms with E-state index in [1.807, 2.05) is 0 Å². The van der Waals surface area contributed by atoms with Crippen LogP contribution in [0.5, 0.6) is 0 Å². The second-order valence-electron chi connectivity index (χ2n) is 2.29. The van der Waals surface area contributed by atoms with Crippen molar-refractivity contribution in [1.82, 2.24) is 4.57 Å². The zero-order chi connectivity index (χ0) is 8.97. The number of carbonyl (C=O) groups excluding carboxylic acids is 2. The fourth-order valence-corrected chi connectivity index (χ4v) is 1.00. The molecule has 1 aromatic heterocycles. The molecule has 0 unspecified atom stereocenters. The number of hydrogen-bond donors (Lipinski definition) is 1. The van der Waals surface area contributed by atoms with Gasteiger partial charge in [0.25, 0.3) is 0 Å². The van der Waals surface area contributed by atoms with Gasteiger partial charge in [-0.05, 0) is 12.1 Å². The van der Waals surface area contributed by atoms with E-state index >= 15 is 0 Å². The monoisotopic (exact) mass is 167 g/mol. The Morgan fingerprint density at radius 3 is 3.00 bits per heavy atom. The van der Waals surface area contributed by atoms with Crippen molar-refractivity contribution in [3.05, 3.63) is 24.0 Å². The number of aliphatic hydroxyl groups is 1. The predicted molar refractivity (Wildman–Crippen MR) is 41.9 cm³/mol. The van der Waals surface area contributed by atoms with Crippen LogP contribution in [0.3, 0.4) is 0 Å². The molecule has 0 atom stereocenters. The Morgan fingerprint density at radius 2 is 2.42 bits per heavy atom. The van der Waals surface area contributed by atoms with E-state index in [9.17, 15) is 9.59 Å². The van der Waals surface area contributed by atoms with E-state index < -0.39 is 5.78 Å². The molecule has 64 valence electrons. The third-order valence-corrected chi connectivity index (χ3v) is 1.53. The van der Waals surface area contributed by atoms with E-state index in [1.165, 1.54) is 4.57 Å². The van der Waals surface area contributed by atoms with E-state index in [-0.39, 0.29) is 12.9 Å². The van der Waals surface area contributed by atoms with E-state index in [1.54, 1.807) is 18.3 Å². The number of aldehydes is 1. The lowest BCUT2D eigenvalue weighted by atomic mass is 10.3. The van der Waals surface area contributed by atoms with Crippen molar-refractivity contribution in [2.75, 3.05) is 6.61 Å². The first-order valence-electron chi connectivity index (χ1n) is 3.55. The van der Waals surface area contributed by atoms with Gasteiger partial charge in [0.15, 0.2) is 6.29 Å². The van der Waals surface area contributed by atoms with Gasteiger partial charge in [0, 0.05) is 12.7 Å². The summed E-state index contributed by atoms with van der Waals surface area (Å²) in [7, 11) is 0. The number of aromatic nitrogens is 1. The van der Waals surface area contributed by atoms with Gasteiger partial charge in [-0.15, -0.1) is 0 Å². The Morgan fingerprint density at radius 1 is 1.67 bits per heavy atom. The molecule has 0 fully saturated rings. The molecule has 4 nitrogen and oxygen atoms in total. The van der Waals surface area contributed by atoms with Crippen LogP contribution in [-0.2, 0) is 11.3 Å². The fourth-order valence-electron chi connectivity index (χ4n) is 1.00. The standard InChI is InChI=1S/C8H9NO3/c10-5-4-9-3-1-2-7(9)8(12)6-11/h1-3,6,10H,4-5H2. The minimum atomic E-state index is -0.562. The molecule has 0 saturated carbocycles. The molecule has 0 aliphatic heterocycles. The van der Waals surface area contributed by atoms with E-state index in [4.69, 9.17) is 5.11 Å². The maximum atomic E-state index is 10.9. The Hall–Kier alpha value is -1.42. The molecule has 0 radical (unpaired) electrons. The van der Waals surface area contributed by atoms with Gasteiger partial charge in [0.2, 0.25) is 5.78 Å². The smallest absolute Gasteiger partial charge is 0.241 e. The molecule has 1 rings (SSSR count). The van der Waals surface area contributed by atoms with Crippen molar-refractivity contribution in [2.24, 2.45) is 0 Å². The normalized spacial score (nSPS) is 9.75.